The Morgan fingerprint density at radius 2 is 2.33 bits per heavy atom. The van der Waals surface area contributed by atoms with Crippen LogP contribution < -0.4 is 0 Å². The first-order valence-corrected chi connectivity index (χ1v) is 6.51. The van der Waals surface area contributed by atoms with E-state index in [0.717, 1.165) is 25.1 Å². The van der Waals surface area contributed by atoms with Gasteiger partial charge in [-0.3, -0.25) is 9.78 Å². The molecule has 1 saturated heterocycles. The molecule has 2 rings (SSSR count). The van der Waals surface area contributed by atoms with Gasteiger partial charge in [-0.05, 0) is 25.5 Å². The Bertz CT molecular complexity index is 443. The van der Waals surface area contributed by atoms with Crippen LogP contribution in [0.15, 0.2) is 37.1 Å². The third-order valence-corrected chi connectivity index (χ3v) is 3.85. The van der Waals surface area contributed by atoms with Crippen LogP contribution in [-0.4, -0.2) is 22.3 Å². The van der Waals surface area contributed by atoms with E-state index < -0.39 is 0 Å². The number of β-lactam (4-membered cyclic amide) rings is 1. The number of carbonyl (C=O) groups excluding carboxylic acids is 1. The number of hydrogen-bond acceptors (Lipinski definition) is 2. The first-order chi connectivity index (χ1) is 8.66. The fourth-order valence-corrected chi connectivity index (χ4v) is 2.69. The van der Waals surface area contributed by atoms with Crippen molar-refractivity contribution >= 4 is 5.91 Å². The molecule has 0 bridgehead atoms. The number of rotatable bonds is 5. The van der Waals surface area contributed by atoms with E-state index in [2.05, 4.69) is 25.4 Å². The highest BCUT2D eigenvalue weighted by Crippen LogP contribution is 2.45. The van der Waals surface area contributed by atoms with Crippen LogP contribution >= 0.6 is 0 Å². The van der Waals surface area contributed by atoms with E-state index in [-0.39, 0.29) is 17.4 Å². The Balaban J connectivity index is 2.31. The molecule has 1 amide bonds. The van der Waals surface area contributed by atoms with E-state index in [9.17, 15) is 4.79 Å². The molecule has 2 atom stereocenters. The van der Waals surface area contributed by atoms with E-state index >= 15 is 0 Å². The largest absolute Gasteiger partial charge is 0.330 e. The number of unbranched alkanes of at least 4 members (excludes halogenated alkanes) is 1. The highest BCUT2D eigenvalue weighted by molar-refractivity contribution is 5.89. The highest BCUT2D eigenvalue weighted by Gasteiger charge is 2.56. The molecule has 2 heterocycles. The van der Waals surface area contributed by atoms with E-state index in [1.54, 1.807) is 12.3 Å². The quantitative estimate of drug-likeness (QED) is 0.589. The van der Waals surface area contributed by atoms with Gasteiger partial charge in [0.25, 0.3) is 0 Å². The first kappa shape index (κ1) is 12.8. The minimum Gasteiger partial charge on any atom is -0.330 e. The minimum atomic E-state index is -0.324. The first-order valence-electron chi connectivity index (χ1n) is 6.51. The molecule has 1 aromatic heterocycles. The number of pyridine rings is 1. The van der Waals surface area contributed by atoms with Gasteiger partial charge in [0, 0.05) is 12.7 Å². The van der Waals surface area contributed by atoms with Gasteiger partial charge in [0.1, 0.15) is 0 Å². The van der Waals surface area contributed by atoms with Crippen LogP contribution in [-0.2, 0) is 10.3 Å². The van der Waals surface area contributed by atoms with Crippen LogP contribution in [0.2, 0.25) is 0 Å². The summed E-state index contributed by atoms with van der Waals surface area (Å²) in [6.45, 7) is 8.81. The van der Waals surface area contributed by atoms with Gasteiger partial charge < -0.3 is 4.90 Å². The molecule has 1 aliphatic heterocycles. The maximum Gasteiger partial charge on any atom is 0.233 e. The van der Waals surface area contributed by atoms with Crippen molar-refractivity contribution in [2.24, 2.45) is 5.92 Å². The number of amides is 1. The SMILES string of the molecule is C=C[C@H]1C(=O)N(CCCC)[C@]1(C)c1ccccn1. The summed E-state index contributed by atoms with van der Waals surface area (Å²) in [5, 5.41) is 0. The molecule has 0 spiro atoms. The van der Waals surface area contributed by atoms with Crippen molar-refractivity contribution in [3.05, 3.63) is 42.7 Å². The number of aromatic nitrogens is 1. The molecule has 18 heavy (non-hydrogen) atoms. The van der Waals surface area contributed by atoms with Crippen LogP contribution in [0, 0.1) is 5.92 Å². The highest BCUT2D eigenvalue weighted by atomic mass is 16.2. The molecular weight excluding hydrogens is 224 g/mol. The summed E-state index contributed by atoms with van der Waals surface area (Å²) in [5.74, 6) is 0.0239. The molecule has 0 radical (unpaired) electrons. The smallest absolute Gasteiger partial charge is 0.233 e. The van der Waals surface area contributed by atoms with E-state index in [1.807, 2.05) is 23.1 Å². The molecule has 1 aromatic rings. The van der Waals surface area contributed by atoms with Crippen LogP contribution in [0.4, 0.5) is 0 Å². The predicted molar refractivity (Wildman–Crippen MR) is 71.9 cm³/mol. The molecule has 0 aromatic carbocycles. The van der Waals surface area contributed by atoms with Gasteiger partial charge >= 0.3 is 0 Å². The van der Waals surface area contributed by atoms with Crippen LogP contribution in [0.25, 0.3) is 0 Å². The third kappa shape index (κ3) is 1.74. The van der Waals surface area contributed by atoms with Crippen molar-refractivity contribution in [3.63, 3.8) is 0 Å². The fraction of sp³-hybridized carbons (Fsp3) is 0.467. The molecule has 0 aliphatic carbocycles. The standard InChI is InChI=1S/C15H20N2O/c1-4-6-11-17-14(18)12(5-2)15(17,3)13-9-7-8-10-16-13/h5,7-10,12H,2,4,6,11H2,1,3H3/t12-,15-/m0/s1. The molecule has 0 unspecified atom stereocenters. The van der Waals surface area contributed by atoms with E-state index in [1.165, 1.54) is 0 Å². The minimum absolute atomic E-state index is 0.149. The van der Waals surface area contributed by atoms with Gasteiger partial charge in [-0.15, -0.1) is 6.58 Å². The maximum atomic E-state index is 12.1. The van der Waals surface area contributed by atoms with Crippen LogP contribution in [0.1, 0.15) is 32.4 Å². The third-order valence-electron chi connectivity index (χ3n) is 3.85. The lowest BCUT2D eigenvalue weighted by Gasteiger charge is -2.54. The predicted octanol–water partition coefficient (Wildman–Crippen LogP) is 2.74. The second kappa shape index (κ2) is 4.92. The summed E-state index contributed by atoms with van der Waals surface area (Å²) in [5.41, 5.74) is 0.625. The monoisotopic (exact) mass is 244 g/mol. The zero-order chi connectivity index (χ0) is 13.2. The van der Waals surface area contributed by atoms with E-state index in [0.29, 0.717) is 0 Å². The summed E-state index contributed by atoms with van der Waals surface area (Å²) in [6, 6.07) is 5.85. The second-order valence-electron chi connectivity index (χ2n) is 4.92. The lowest BCUT2D eigenvalue weighted by Crippen LogP contribution is -2.66. The fourth-order valence-electron chi connectivity index (χ4n) is 2.69. The van der Waals surface area contributed by atoms with Crippen molar-refractivity contribution in [1.29, 1.82) is 0 Å². The van der Waals surface area contributed by atoms with Crippen molar-refractivity contribution < 1.29 is 4.79 Å². The van der Waals surface area contributed by atoms with Gasteiger partial charge in [-0.1, -0.05) is 25.5 Å². The molecule has 1 fully saturated rings. The van der Waals surface area contributed by atoms with Crippen LogP contribution in [0.3, 0.4) is 0 Å². The molecule has 3 heteroatoms. The second-order valence-corrected chi connectivity index (χ2v) is 4.92. The van der Waals surface area contributed by atoms with Gasteiger partial charge in [-0.2, -0.15) is 0 Å². The average Bonchev–Trinajstić information content (AvgIpc) is 2.40. The van der Waals surface area contributed by atoms with E-state index in [4.69, 9.17) is 0 Å². The van der Waals surface area contributed by atoms with Gasteiger partial charge in [0.2, 0.25) is 5.91 Å². The average molecular weight is 244 g/mol. The van der Waals surface area contributed by atoms with Crippen molar-refractivity contribution in [2.45, 2.75) is 32.2 Å². The maximum absolute atomic E-state index is 12.1. The molecule has 0 saturated carbocycles. The molecule has 0 N–H and O–H groups in total. The Hall–Kier alpha value is -1.64. The zero-order valence-electron chi connectivity index (χ0n) is 11.1. The van der Waals surface area contributed by atoms with Gasteiger partial charge in [0.15, 0.2) is 0 Å². The van der Waals surface area contributed by atoms with Crippen molar-refractivity contribution in [2.75, 3.05) is 6.54 Å². The lowest BCUT2D eigenvalue weighted by molar-refractivity contribution is -0.166. The Morgan fingerprint density at radius 3 is 2.89 bits per heavy atom. The number of carbonyl (C=O) groups is 1. The Kier molecular flexibility index (Phi) is 3.50. The zero-order valence-corrected chi connectivity index (χ0v) is 11.1. The van der Waals surface area contributed by atoms with Crippen molar-refractivity contribution in [1.82, 2.24) is 9.88 Å². The number of likely N-dealkylation sites (tertiary alicyclic amines) is 1. The Morgan fingerprint density at radius 1 is 1.56 bits per heavy atom. The van der Waals surface area contributed by atoms with Crippen molar-refractivity contribution in [3.8, 4) is 0 Å². The number of hydrogen-bond donors (Lipinski definition) is 0. The number of nitrogens with zero attached hydrogens (tertiary/aromatic N) is 2. The molecule has 96 valence electrons. The topological polar surface area (TPSA) is 33.2 Å². The summed E-state index contributed by atoms with van der Waals surface area (Å²) >= 11 is 0. The lowest BCUT2D eigenvalue weighted by atomic mass is 9.72. The normalized spacial score (nSPS) is 26.9. The summed E-state index contributed by atoms with van der Waals surface area (Å²) in [6.07, 6.45) is 5.64. The molecule has 1 aliphatic rings. The molecule has 3 nitrogen and oxygen atoms in total. The Labute approximate surface area is 109 Å². The van der Waals surface area contributed by atoms with Gasteiger partial charge in [0.05, 0.1) is 17.2 Å². The van der Waals surface area contributed by atoms with Crippen LogP contribution in [0.5, 0.6) is 0 Å². The van der Waals surface area contributed by atoms with Gasteiger partial charge in [-0.25, -0.2) is 0 Å². The summed E-state index contributed by atoms with van der Waals surface area (Å²) < 4.78 is 0. The molecular formula is C15H20N2O. The summed E-state index contributed by atoms with van der Waals surface area (Å²) in [4.78, 5) is 18.5. The summed E-state index contributed by atoms with van der Waals surface area (Å²) in [7, 11) is 0.